The second-order valence-corrected chi connectivity index (χ2v) is 16.2. The van der Waals surface area contributed by atoms with Gasteiger partial charge in [0, 0.05) is 12.8 Å². The first-order chi connectivity index (χ1) is 29.0. The second-order valence-electron chi connectivity index (χ2n) is 16.2. The smallest absolute Gasteiger partial charge is 0.306 e. The predicted molar refractivity (Wildman–Crippen MR) is 224 cm³/mol. The minimum Gasteiger partial charge on any atom is -0.462 e. The molecule has 7 N–H and O–H groups in total. The van der Waals surface area contributed by atoms with Crippen molar-refractivity contribution < 1.29 is 73.8 Å². The lowest BCUT2D eigenvalue weighted by molar-refractivity contribution is -0.332. The fourth-order valence-corrected chi connectivity index (χ4v) is 7.03. The molecule has 2 heterocycles. The Morgan fingerprint density at radius 1 is 0.517 bits per heavy atom. The molecule has 60 heavy (non-hydrogen) atoms. The third-order valence-corrected chi connectivity index (χ3v) is 10.9. The third kappa shape index (κ3) is 22.4. The monoisotopic (exact) mass is 861 g/mol. The molecular weight excluding hydrogens is 780 g/mol. The Kier molecular flexibility index (Phi) is 30.2. The normalized spacial score (nSPS) is 27.8. The molecule has 15 nitrogen and oxygen atoms in total. The number of esters is 2. The van der Waals surface area contributed by atoms with Gasteiger partial charge in [0.05, 0.1) is 19.8 Å². The van der Waals surface area contributed by atoms with E-state index in [1.807, 2.05) is 0 Å². The van der Waals surface area contributed by atoms with Crippen molar-refractivity contribution in [3.63, 3.8) is 0 Å². The van der Waals surface area contributed by atoms with Crippen LogP contribution in [0.15, 0.2) is 24.3 Å². The summed E-state index contributed by atoms with van der Waals surface area (Å²) in [6, 6.07) is 0. The van der Waals surface area contributed by atoms with E-state index in [0.717, 1.165) is 77.0 Å². The van der Waals surface area contributed by atoms with Gasteiger partial charge in [-0.15, -0.1) is 0 Å². The molecule has 0 aromatic rings. The van der Waals surface area contributed by atoms with Gasteiger partial charge in [-0.25, -0.2) is 0 Å². The highest BCUT2D eigenvalue weighted by Crippen LogP contribution is 2.26. The average Bonchev–Trinajstić information content (AvgIpc) is 3.24. The van der Waals surface area contributed by atoms with Crippen LogP contribution in [-0.4, -0.2) is 142 Å². The van der Waals surface area contributed by atoms with Crippen LogP contribution in [0.25, 0.3) is 0 Å². The number of allylic oxidation sites excluding steroid dienone is 4. The Bertz CT molecular complexity index is 1150. The van der Waals surface area contributed by atoms with Crippen molar-refractivity contribution >= 4 is 11.9 Å². The zero-order valence-corrected chi connectivity index (χ0v) is 36.4. The Morgan fingerprint density at radius 2 is 0.950 bits per heavy atom. The van der Waals surface area contributed by atoms with Crippen LogP contribution in [0.3, 0.4) is 0 Å². The summed E-state index contributed by atoms with van der Waals surface area (Å²) in [6.45, 7) is 2.50. The molecule has 0 spiro atoms. The van der Waals surface area contributed by atoms with Crippen molar-refractivity contribution in [3.8, 4) is 0 Å². The first kappa shape index (κ1) is 54.1. The van der Waals surface area contributed by atoms with E-state index in [0.29, 0.717) is 12.8 Å². The van der Waals surface area contributed by atoms with E-state index >= 15 is 0 Å². The molecule has 0 aliphatic carbocycles. The van der Waals surface area contributed by atoms with Crippen LogP contribution >= 0.6 is 0 Å². The van der Waals surface area contributed by atoms with Crippen molar-refractivity contribution in [1.29, 1.82) is 0 Å². The molecule has 0 amide bonds. The number of aliphatic hydroxyl groups excluding tert-OH is 7. The molecule has 2 rings (SSSR count). The van der Waals surface area contributed by atoms with Gasteiger partial charge in [-0.05, 0) is 64.2 Å². The quantitative estimate of drug-likeness (QED) is 0.0261. The zero-order valence-electron chi connectivity index (χ0n) is 36.4. The van der Waals surface area contributed by atoms with Gasteiger partial charge in [-0.2, -0.15) is 0 Å². The van der Waals surface area contributed by atoms with Crippen LogP contribution in [0.1, 0.15) is 155 Å². The first-order valence-electron chi connectivity index (χ1n) is 22.9. The average molecular weight is 861 g/mol. The van der Waals surface area contributed by atoms with Crippen LogP contribution in [0.5, 0.6) is 0 Å². The minimum atomic E-state index is -1.76. The first-order valence-corrected chi connectivity index (χ1v) is 22.9. The zero-order chi connectivity index (χ0) is 44.0. The minimum absolute atomic E-state index is 0.154. The number of aliphatic hydroxyl groups is 7. The summed E-state index contributed by atoms with van der Waals surface area (Å²) in [5.41, 5.74) is 0. The van der Waals surface area contributed by atoms with E-state index in [1.165, 1.54) is 38.5 Å². The standard InChI is InChI=1S/C45H80O15/c1-3-5-7-9-11-13-15-17-19-21-23-25-27-36(47)55-30-33(58-37(48)28-26-24-22-20-18-16-14-12-10-8-6-4-2)31-56-44-43(54)41(52)39(50)35(60-44)32-57-45-42(53)40(51)38(49)34(29-46)59-45/h11-14,33-35,38-46,49-54H,3-10,15-32H2,1-2H3/b13-11+,14-12+/t33-,34-,35-,38+,39+,40?,41?,42?,43?,44-,45-/m1/s1. The van der Waals surface area contributed by atoms with Crippen LogP contribution in [-0.2, 0) is 38.0 Å². The number of hydrogen-bond donors (Lipinski definition) is 7. The Labute approximate surface area is 358 Å². The summed E-state index contributed by atoms with van der Waals surface area (Å²) in [7, 11) is 0. The molecule has 2 aliphatic heterocycles. The van der Waals surface area contributed by atoms with E-state index in [4.69, 9.17) is 28.4 Å². The molecule has 0 bridgehead atoms. The Morgan fingerprint density at radius 3 is 1.47 bits per heavy atom. The van der Waals surface area contributed by atoms with Crippen LogP contribution in [0.4, 0.5) is 0 Å². The molecule has 2 fully saturated rings. The van der Waals surface area contributed by atoms with E-state index in [-0.39, 0.29) is 26.1 Å². The summed E-state index contributed by atoms with van der Waals surface area (Å²) < 4.78 is 33.4. The van der Waals surface area contributed by atoms with Crippen molar-refractivity contribution in [3.05, 3.63) is 24.3 Å². The van der Waals surface area contributed by atoms with Gasteiger partial charge in [0.2, 0.25) is 0 Å². The lowest BCUT2D eigenvalue weighted by Crippen LogP contribution is -2.61. The Hall–Kier alpha value is -2.02. The van der Waals surface area contributed by atoms with Gasteiger partial charge in [-0.1, -0.05) is 102 Å². The maximum Gasteiger partial charge on any atom is 0.306 e. The van der Waals surface area contributed by atoms with E-state index in [9.17, 15) is 45.3 Å². The van der Waals surface area contributed by atoms with Crippen molar-refractivity contribution in [1.82, 2.24) is 0 Å². The number of carbonyl (C=O) groups is 2. The third-order valence-electron chi connectivity index (χ3n) is 10.9. The fourth-order valence-electron chi connectivity index (χ4n) is 7.03. The van der Waals surface area contributed by atoms with Crippen molar-refractivity contribution in [2.24, 2.45) is 0 Å². The van der Waals surface area contributed by atoms with Gasteiger partial charge in [-0.3, -0.25) is 9.59 Å². The molecule has 0 radical (unpaired) electrons. The molecule has 0 saturated carbocycles. The molecule has 0 aromatic carbocycles. The number of carbonyl (C=O) groups excluding carboxylic acids is 2. The van der Waals surface area contributed by atoms with Crippen LogP contribution < -0.4 is 0 Å². The molecule has 4 unspecified atom stereocenters. The van der Waals surface area contributed by atoms with E-state index in [1.54, 1.807) is 0 Å². The summed E-state index contributed by atoms with van der Waals surface area (Å²) in [5.74, 6) is -0.948. The predicted octanol–water partition coefficient (Wildman–Crippen LogP) is 4.82. The Balaban J connectivity index is 1.87. The summed E-state index contributed by atoms with van der Waals surface area (Å²) in [4.78, 5) is 25.6. The number of rotatable bonds is 34. The lowest BCUT2D eigenvalue weighted by atomic mass is 9.98. The molecule has 15 heteroatoms. The van der Waals surface area contributed by atoms with Crippen LogP contribution in [0.2, 0.25) is 0 Å². The van der Waals surface area contributed by atoms with Gasteiger partial charge in [0.1, 0.15) is 55.4 Å². The van der Waals surface area contributed by atoms with E-state index in [2.05, 4.69) is 38.2 Å². The number of ether oxygens (including phenoxy) is 6. The van der Waals surface area contributed by atoms with Gasteiger partial charge in [0.15, 0.2) is 18.7 Å². The van der Waals surface area contributed by atoms with Gasteiger partial charge >= 0.3 is 11.9 Å². The maximum absolute atomic E-state index is 12.9. The van der Waals surface area contributed by atoms with Crippen molar-refractivity contribution in [2.75, 3.05) is 26.4 Å². The largest absolute Gasteiger partial charge is 0.462 e. The summed E-state index contributed by atoms with van der Waals surface area (Å²) in [6.07, 6.45) is 13.7. The lowest BCUT2D eigenvalue weighted by Gasteiger charge is -2.42. The molecular formula is C45H80O15. The highest BCUT2D eigenvalue weighted by molar-refractivity contribution is 5.70. The number of hydrogen-bond acceptors (Lipinski definition) is 15. The fraction of sp³-hybridized carbons (Fsp3) is 0.867. The molecule has 2 saturated heterocycles. The van der Waals surface area contributed by atoms with Crippen LogP contribution in [0, 0.1) is 0 Å². The van der Waals surface area contributed by atoms with Gasteiger partial charge < -0.3 is 64.2 Å². The molecule has 350 valence electrons. The SMILES string of the molecule is CCCCC/C=C/CCCCCCCC(=O)OC[C@H](CO[C@@H]1O[C@H](CO[C@@H]2O[C@H](CO)[C@H](O)C(O)C2O)[C@H](O)C(O)C1O)OC(=O)CCCCCCC/C=C/CCCCC. The molecule has 0 aromatic heterocycles. The highest BCUT2D eigenvalue weighted by Gasteiger charge is 2.47. The molecule has 2 aliphatic rings. The van der Waals surface area contributed by atoms with Gasteiger partial charge in [0.25, 0.3) is 0 Å². The van der Waals surface area contributed by atoms with E-state index < -0.39 is 92.7 Å². The topological polar surface area (TPSA) is 231 Å². The van der Waals surface area contributed by atoms with Crippen molar-refractivity contribution in [2.45, 2.75) is 223 Å². The number of unbranched alkanes of at least 4 members (excludes halogenated alkanes) is 16. The second kappa shape index (κ2) is 33.5. The maximum atomic E-state index is 12.9. The highest BCUT2D eigenvalue weighted by atomic mass is 16.7. The summed E-state index contributed by atoms with van der Waals surface area (Å²) in [5, 5.41) is 71.8. The molecule has 11 atom stereocenters. The summed E-state index contributed by atoms with van der Waals surface area (Å²) >= 11 is 0.